The van der Waals surface area contributed by atoms with Gasteiger partial charge in [0.05, 0.1) is 12.5 Å². The number of alkyl halides is 7. The van der Waals surface area contributed by atoms with Crippen molar-refractivity contribution in [3.63, 3.8) is 0 Å². The summed E-state index contributed by atoms with van der Waals surface area (Å²) in [5.41, 5.74) is -0.471. The van der Waals surface area contributed by atoms with Crippen molar-refractivity contribution < 1.29 is 31.1 Å². The van der Waals surface area contributed by atoms with E-state index in [1.165, 1.54) is 6.07 Å². The van der Waals surface area contributed by atoms with Crippen molar-refractivity contribution in [2.75, 3.05) is 7.11 Å². The molecule has 1 atom stereocenters. The van der Waals surface area contributed by atoms with Gasteiger partial charge in [-0.3, -0.25) is 0 Å². The second-order valence-electron chi connectivity index (χ2n) is 3.85. The number of rotatable bonds is 3. The van der Waals surface area contributed by atoms with Crippen LogP contribution in [0.3, 0.4) is 0 Å². The standard InChI is InChI=1S/C11H8Cl2F6O/c1-20-7-3-2-5(12)4-6(7)8(13)9(10(14,15)16)11(17,18)19/h2-4,8-9H,1H3. The molecule has 0 spiro atoms. The number of methoxy groups -OCH3 is 1. The van der Waals surface area contributed by atoms with E-state index in [0.29, 0.717) is 0 Å². The first kappa shape index (κ1) is 17.2. The molecule has 0 amide bonds. The quantitative estimate of drug-likeness (QED) is 0.531. The van der Waals surface area contributed by atoms with Crippen LogP contribution in [0.5, 0.6) is 5.75 Å². The molecule has 0 aliphatic carbocycles. The Bertz CT molecular complexity index is 457. The minimum Gasteiger partial charge on any atom is -0.496 e. The van der Waals surface area contributed by atoms with E-state index in [1.54, 1.807) is 0 Å². The average molecular weight is 341 g/mol. The van der Waals surface area contributed by atoms with Crippen LogP contribution in [-0.2, 0) is 0 Å². The summed E-state index contributed by atoms with van der Waals surface area (Å²) in [6.07, 6.45) is -11.1. The van der Waals surface area contributed by atoms with Gasteiger partial charge in [-0.1, -0.05) is 11.6 Å². The Kier molecular flexibility index (Phi) is 5.08. The molecule has 9 heteroatoms. The Balaban J connectivity index is 3.33. The monoisotopic (exact) mass is 340 g/mol. The predicted octanol–water partition coefficient (Wildman–Crippen LogP) is 5.37. The van der Waals surface area contributed by atoms with Gasteiger partial charge in [0.15, 0.2) is 5.92 Å². The third kappa shape index (κ3) is 3.85. The molecule has 114 valence electrons. The summed E-state index contributed by atoms with van der Waals surface area (Å²) in [5.74, 6) is -3.92. The van der Waals surface area contributed by atoms with Gasteiger partial charge in [-0.2, -0.15) is 26.3 Å². The molecule has 0 heterocycles. The molecule has 0 aliphatic heterocycles. The second-order valence-corrected chi connectivity index (χ2v) is 4.76. The van der Waals surface area contributed by atoms with Crippen LogP contribution in [0.2, 0.25) is 5.02 Å². The molecule has 0 saturated heterocycles. The number of halogens is 8. The van der Waals surface area contributed by atoms with Gasteiger partial charge in [-0.15, -0.1) is 11.6 Å². The SMILES string of the molecule is COc1ccc(Cl)cc1C(Cl)C(C(F)(F)F)C(F)(F)F. The highest BCUT2D eigenvalue weighted by Crippen LogP contribution is 2.51. The summed E-state index contributed by atoms with van der Waals surface area (Å²) in [4.78, 5) is 0. The maximum absolute atomic E-state index is 12.6. The lowest BCUT2D eigenvalue weighted by Gasteiger charge is -2.28. The lowest BCUT2D eigenvalue weighted by Crippen LogP contribution is -2.39. The van der Waals surface area contributed by atoms with E-state index in [1.807, 2.05) is 0 Å². The zero-order valence-electron chi connectivity index (χ0n) is 9.82. The molecule has 0 aromatic heterocycles. The minimum absolute atomic E-state index is 0.0467. The van der Waals surface area contributed by atoms with E-state index in [0.717, 1.165) is 19.2 Å². The van der Waals surface area contributed by atoms with Gasteiger partial charge in [-0.05, 0) is 18.2 Å². The molecule has 0 fully saturated rings. The molecule has 0 radical (unpaired) electrons. The fraction of sp³-hybridized carbons (Fsp3) is 0.455. The highest BCUT2D eigenvalue weighted by Gasteiger charge is 2.60. The largest absolute Gasteiger partial charge is 0.496 e. The van der Waals surface area contributed by atoms with Gasteiger partial charge >= 0.3 is 12.4 Å². The summed E-state index contributed by atoms with van der Waals surface area (Å²) >= 11 is 11.0. The molecule has 1 rings (SSSR count). The van der Waals surface area contributed by atoms with Gasteiger partial charge in [0.25, 0.3) is 0 Å². The summed E-state index contributed by atoms with van der Waals surface area (Å²) < 4.78 is 80.4. The molecule has 1 aromatic carbocycles. The van der Waals surface area contributed by atoms with Crippen molar-refractivity contribution >= 4 is 23.2 Å². The minimum atomic E-state index is -5.54. The van der Waals surface area contributed by atoms with Gasteiger partial charge in [0, 0.05) is 10.6 Å². The molecule has 0 aliphatic rings. The van der Waals surface area contributed by atoms with E-state index in [4.69, 9.17) is 27.9 Å². The van der Waals surface area contributed by atoms with Crippen LogP contribution >= 0.6 is 23.2 Å². The summed E-state index contributed by atoms with van der Waals surface area (Å²) in [6, 6.07) is 3.34. The van der Waals surface area contributed by atoms with Crippen LogP contribution in [0.1, 0.15) is 10.9 Å². The van der Waals surface area contributed by atoms with Crippen LogP contribution in [0.25, 0.3) is 0 Å². The summed E-state index contributed by atoms with van der Waals surface area (Å²) in [6.45, 7) is 0. The molecule has 0 N–H and O–H groups in total. The average Bonchev–Trinajstić information content (AvgIpc) is 2.24. The van der Waals surface area contributed by atoms with E-state index in [-0.39, 0.29) is 10.8 Å². The van der Waals surface area contributed by atoms with Crippen molar-refractivity contribution in [1.29, 1.82) is 0 Å². The first-order valence-corrected chi connectivity index (χ1v) is 5.91. The maximum atomic E-state index is 12.6. The van der Waals surface area contributed by atoms with E-state index < -0.39 is 29.2 Å². The molecule has 1 aromatic rings. The van der Waals surface area contributed by atoms with E-state index in [9.17, 15) is 26.3 Å². The van der Waals surface area contributed by atoms with Crippen LogP contribution in [-0.4, -0.2) is 19.5 Å². The highest BCUT2D eigenvalue weighted by atomic mass is 35.5. The molecule has 20 heavy (non-hydrogen) atoms. The number of hydrogen-bond donors (Lipinski definition) is 0. The molecule has 0 bridgehead atoms. The zero-order chi connectivity index (χ0) is 15.7. The number of benzene rings is 1. The topological polar surface area (TPSA) is 9.23 Å². The smallest absolute Gasteiger partial charge is 0.402 e. The lowest BCUT2D eigenvalue weighted by atomic mass is 9.96. The lowest BCUT2D eigenvalue weighted by molar-refractivity contribution is -0.284. The van der Waals surface area contributed by atoms with Crippen LogP contribution in [0.15, 0.2) is 18.2 Å². The van der Waals surface area contributed by atoms with Crippen molar-refractivity contribution in [3.8, 4) is 5.75 Å². The number of hydrogen-bond acceptors (Lipinski definition) is 1. The van der Waals surface area contributed by atoms with E-state index >= 15 is 0 Å². The van der Waals surface area contributed by atoms with Crippen molar-refractivity contribution in [3.05, 3.63) is 28.8 Å². The fourth-order valence-corrected chi connectivity index (χ4v) is 2.25. The molecule has 1 nitrogen and oxygen atoms in total. The van der Waals surface area contributed by atoms with Gasteiger partial charge in [0.1, 0.15) is 5.75 Å². The van der Waals surface area contributed by atoms with Crippen molar-refractivity contribution in [1.82, 2.24) is 0 Å². The molecular formula is C11H8Cl2F6O. The highest BCUT2D eigenvalue weighted by molar-refractivity contribution is 6.31. The van der Waals surface area contributed by atoms with Crippen LogP contribution in [0.4, 0.5) is 26.3 Å². The van der Waals surface area contributed by atoms with Crippen molar-refractivity contribution in [2.24, 2.45) is 5.92 Å². The Hall–Kier alpha value is -0.820. The molecule has 1 unspecified atom stereocenters. The Morgan fingerprint density at radius 1 is 1.05 bits per heavy atom. The third-order valence-electron chi connectivity index (χ3n) is 2.49. The van der Waals surface area contributed by atoms with Crippen LogP contribution in [0, 0.1) is 5.92 Å². The third-order valence-corrected chi connectivity index (χ3v) is 3.21. The fourth-order valence-electron chi connectivity index (χ4n) is 1.62. The van der Waals surface area contributed by atoms with Gasteiger partial charge < -0.3 is 4.74 Å². The van der Waals surface area contributed by atoms with Crippen molar-refractivity contribution in [2.45, 2.75) is 17.7 Å². The Morgan fingerprint density at radius 2 is 1.55 bits per heavy atom. The normalized spacial score (nSPS) is 14.5. The Morgan fingerprint density at radius 3 is 1.95 bits per heavy atom. The summed E-state index contributed by atoms with van der Waals surface area (Å²) in [5, 5.41) is -2.45. The Labute approximate surface area is 120 Å². The predicted molar refractivity (Wildman–Crippen MR) is 62.2 cm³/mol. The maximum Gasteiger partial charge on any atom is 0.402 e. The van der Waals surface area contributed by atoms with Gasteiger partial charge in [0.2, 0.25) is 0 Å². The number of ether oxygens (including phenoxy) is 1. The first-order valence-electron chi connectivity index (χ1n) is 5.09. The first-order chi connectivity index (χ1) is 8.98. The second kappa shape index (κ2) is 5.89. The van der Waals surface area contributed by atoms with E-state index in [2.05, 4.69) is 0 Å². The zero-order valence-corrected chi connectivity index (χ0v) is 11.3. The van der Waals surface area contributed by atoms with Crippen LogP contribution < -0.4 is 4.74 Å². The molecule has 0 saturated carbocycles. The molecular weight excluding hydrogens is 333 g/mol. The van der Waals surface area contributed by atoms with Gasteiger partial charge in [-0.25, -0.2) is 0 Å². The summed E-state index contributed by atoms with van der Waals surface area (Å²) in [7, 11) is 1.10.